The van der Waals surface area contributed by atoms with Crippen molar-refractivity contribution in [3.63, 3.8) is 0 Å². The Balaban J connectivity index is 1.87. The van der Waals surface area contributed by atoms with Gasteiger partial charge in [-0.3, -0.25) is 14.5 Å². The van der Waals surface area contributed by atoms with Gasteiger partial charge in [0.1, 0.15) is 12.4 Å². The van der Waals surface area contributed by atoms with Crippen molar-refractivity contribution in [2.24, 2.45) is 0 Å². The Kier molecular flexibility index (Phi) is 5.83. The number of methoxy groups -OCH3 is 1. The van der Waals surface area contributed by atoms with E-state index in [4.69, 9.17) is 9.47 Å². The quantitative estimate of drug-likeness (QED) is 0.626. The van der Waals surface area contributed by atoms with Crippen LogP contribution in [0.2, 0.25) is 0 Å². The number of fused-ring (bicyclic) bond motifs is 1. The minimum absolute atomic E-state index is 0.0176. The molecule has 0 aromatic heterocycles. The highest BCUT2D eigenvalue weighted by Gasteiger charge is 2.31. The summed E-state index contributed by atoms with van der Waals surface area (Å²) in [6, 6.07) is 12.8. The molecular weight excluding hydrogens is 351 g/mol. The van der Waals surface area contributed by atoms with Gasteiger partial charge in [-0.25, -0.2) is 4.39 Å². The number of para-hydroxylation sites is 2. The van der Waals surface area contributed by atoms with Gasteiger partial charge in [0.25, 0.3) is 5.91 Å². The zero-order valence-electron chi connectivity index (χ0n) is 14.8. The van der Waals surface area contributed by atoms with Gasteiger partial charge in [0, 0.05) is 13.7 Å². The van der Waals surface area contributed by atoms with E-state index in [1.54, 1.807) is 36.4 Å². The van der Waals surface area contributed by atoms with Crippen molar-refractivity contribution < 1.29 is 23.5 Å². The van der Waals surface area contributed by atoms with Crippen molar-refractivity contribution in [2.45, 2.75) is 0 Å². The minimum atomic E-state index is -0.472. The van der Waals surface area contributed by atoms with Crippen LogP contribution in [0, 0.1) is 5.82 Å². The number of benzene rings is 2. The van der Waals surface area contributed by atoms with E-state index >= 15 is 0 Å². The van der Waals surface area contributed by atoms with Crippen LogP contribution in [-0.4, -0.2) is 38.6 Å². The predicted octanol–water partition coefficient (Wildman–Crippen LogP) is 2.35. The summed E-state index contributed by atoms with van der Waals surface area (Å²) in [5, 5.41) is 2.69. The smallest absolute Gasteiger partial charge is 0.294 e. The monoisotopic (exact) mass is 370 g/mol. The lowest BCUT2D eigenvalue weighted by Gasteiger charge is -2.30. The molecule has 0 fully saturated rings. The maximum atomic E-state index is 13.4. The molecule has 140 valence electrons. The fraction of sp³-hybridized carbons (Fsp3) is 0.200. The van der Waals surface area contributed by atoms with Crippen molar-refractivity contribution in [3.8, 4) is 5.75 Å². The Labute approximate surface area is 156 Å². The molecule has 1 N–H and O–H groups in total. The molecule has 0 saturated carbocycles. The molecule has 1 aliphatic rings. The third kappa shape index (κ3) is 4.51. The topological polar surface area (TPSA) is 67.9 Å². The van der Waals surface area contributed by atoms with E-state index in [1.807, 2.05) is 0 Å². The number of nitrogens with zero attached hydrogens (tertiary/aromatic N) is 1. The number of rotatable bonds is 6. The van der Waals surface area contributed by atoms with Crippen LogP contribution in [-0.2, 0) is 14.3 Å². The summed E-state index contributed by atoms with van der Waals surface area (Å²) in [5.74, 6) is -0.738. The van der Waals surface area contributed by atoms with Gasteiger partial charge in [-0.15, -0.1) is 0 Å². The van der Waals surface area contributed by atoms with Crippen LogP contribution in [0.4, 0.5) is 10.1 Å². The standard InChI is InChI=1S/C20H19FN2O4/c1-26-10-9-22-19(24)13-23-16-7-2-3-8-17(16)27-18(20(23)25)12-14-5-4-6-15(21)11-14/h2-8,11-12H,9-10,13H2,1H3,(H,22,24). The van der Waals surface area contributed by atoms with Crippen molar-refractivity contribution >= 4 is 23.6 Å². The van der Waals surface area contributed by atoms with Crippen LogP contribution in [0.1, 0.15) is 5.56 Å². The SMILES string of the molecule is COCCNC(=O)CN1C(=O)C(=Cc2cccc(F)c2)Oc2ccccc21. The van der Waals surface area contributed by atoms with Crippen LogP contribution in [0.3, 0.4) is 0 Å². The number of ether oxygens (including phenoxy) is 2. The number of carbonyl (C=O) groups is 2. The molecule has 7 heteroatoms. The molecule has 2 amide bonds. The molecule has 2 aromatic rings. The van der Waals surface area contributed by atoms with Crippen LogP contribution in [0.25, 0.3) is 6.08 Å². The normalized spacial score (nSPS) is 14.7. The van der Waals surface area contributed by atoms with Gasteiger partial charge in [-0.05, 0) is 35.9 Å². The summed E-state index contributed by atoms with van der Waals surface area (Å²) in [6.07, 6.45) is 1.46. The lowest BCUT2D eigenvalue weighted by atomic mass is 10.1. The molecule has 0 saturated heterocycles. The fourth-order valence-electron chi connectivity index (χ4n) is 2.66. The molecular formula is C20H19FN2O4. The lowest BCUT2D eigenvalue weighted by Crippen LogP contribution is -2.44. The van der Waals surface area contributed by atoms with Gasteiger partial charge in [0.2, 0.25) is 5.91 Å². The molecule has 0 spiro atoms. The number of anilines is 1. The number of nitrogens with one attached hydrogen (secondary N) is 1. The molecule has 0 radical (unpaired) electrons. The van der Waals surface area contributed by atoms with Crippen molar-refractivity contribution in [1.82, 2.24) is 5.32 Å². The number of hydrogen-bond acceptors (Lipinski definition) is 4. The number of halogens is 1. The van der Waals surface area contributed by atoms with Crippen LogP contribution < -0.4 is 15.0 Å². The molecule has 1 aliphatic heterocycles. The highest BCUT2D eigenvalue weighted by molar-refractivity contribution is 6.12. The summed E-state index contributed by atoms with van der Waals surface area (Å²) in [7, 11) is 1.54. The maximum absolute atomic E-state index is 13.4. The van der Waals surface area contributed by atoms with E-state index < -0.39 is 11.7 Å². The molecule has 2 aromatic carbocycles. The number of carbonyl (C=O) groups excluding carboxylic acids is 2. The minimum Gasteiger partial charge on any atom is -0.449 e. The first-order chi connectivity index (χ1) is 13.1. The van der Waals surface area contributed by atoms with Crippen molar-refractivity contribution in [1.29, 1.82) is 0 Å². The molecule has 27 heavy (non-hydrogen) atoms. The third-order valence-corrected chi connectivity index (χ3v) is 3.91. The number of amides is 2. The van der Waals surface area contributed by atoms with Crippen molar-refractivity contribution in [2.75, 3.05) is 31.7 Å². The van der Waals surface area contributed by atoms with E-state index in [0.29, 0.717) is 30.2 Å². The Hall–Kier alpha value is -3.19. The summed E-state index contributed by atoms with van der Waals surface area (Å²) in [4.78, 5) is 26.4. The van der Waals surface area contributed by atoms with Gasteiger partial charge >= 0.3 is 0 Å². The van der Waals surface area contributed by atoms with E-state index in [9.17, 15) is 14.0 Å². The maximum Gasteiger partial charge on any atom is 0.294 e. The molecule has 0 bridgehead atoms. The van der Waals surface area contributed by atoms with Gasteiger partial charge in [0.15, 0.2) is 11.5 Å². The van der Waals surface area contributed by atoms with E-state index in [2.05, 4.69) is 5.32 Å². The van der Waals surface area contributed by atoms with Crippen LogP contribution >= 0.6 is 0 Å². The summed E-state index contributed by atoms with van der Waals surface area (Å²) >= 11 is 0. The summed E-state index contributed by atoms with van der Waals surface area (Å²) in [5.41, 5.74) is 0.989. The zero-order chi connectivity index (χ0) is 19.2. The average molecular weight is 370 g/mol. The second-order valence-corrected chi connectivity index (χ2v) is 5.87. The zero-order valence-corrected chi connectivity index (χ0v) is 14.8. The van der Waals surface area contributed by atoms with Crippen LogP contribution in [0.5, 0.6) is 5.75 Å². The van der Waals surface area contributed by atoms with E-state index in [0.717, 1.165) is 0 Å². The van der Waals surface area contributed by atoms with Gasteiger partial charge in [0.05, 0.1) is 12.3 Å². The molecule has 0 aliphatic carbocycles. The first kappa shape index (κ1) is 18.6. The molecule has 0 atom stereocenters. The Bertz CT molecular complexity index is 882. The first-order valence-electron chi connectivity index (χ1n) is 8.40. The van der Waals surface area contributed by atoms with E-state index in [-0.39, 0.29) is 18.2 Å². The van der Waals surface area contributed by atoms with Crippen LogP contribution in [0.15, 0.2) is 54.3 Å². The Morgan fingerprint density at radius 3 is 2.85 bits per heavy atom. The Morgan fingerprint density at radius 1 is 1.26 bits per heavy atom. The molecule has 0 unspecified atom stereocenters. The average Bonchev–Trinajstić information content (AvgIpc) is 2.65. The second-order valence-electron chi connectivity index (χ2n) is 5.87. The summed E-state index contributed by atoms with van der Waals surface area (Å²) < 4.78 is 24.0. The second kappa shape index (κ2) is 8.46. The largest absolute Gasteiger partial charge is 0.449 e. The number of hydrogen-bond donors (Lipinski definition) is 1. The highest BCUT2D eigenvalue weighted by Crippen LogP contribution is 2.35. The summed E-state index contributed by atoms with van der Waals surface area (Å²) in [6.45, 7) is 0.565. The predicted molar refractivity (Wildman–Crippen MR) is 98.7 cm³/mol. The van der Waals surface area contributed by atoms with Gasteiger partial charge in [-0.2, -0.15) is 0 Å². The molecule has 6 nitrogen and oxygen atoms in total. The third-order valence-electron chi connectivity index (χ3n) is 3.91. The fourth-order valence-corrected chi connectivity index (χ4v) is 2.66. The lowest BCUT2D eigenvalue weighted by molar-refractivity contribution is -0.123. The van der Waals surface area contributed by atoms with Gasteiger partial charge in [-0.1, -0.05) is 24.3 Å². The van der Waals surface area contributed by atoms with Crippen molar-refractivity contribution in [3.05, 3.63) is 65.7 Å². The van der Waals surface area contributed by atoms with Gasteiger partial charge < -0.3 is 14.8 Å². The first-order valence-corrected chi connectivity index (χ1v) is 8.40. The molecule has 1 heterocycles. The van der Waals surface area contributed by atoms with E-state index in [1.165, 1.54) is 30.2 Å². The highest BCUT2D eigenvalue weighted by atomic mass is 19.1. The molecule has 3 rings (SSSR count). The Morgan fingerprint density at radius 2 is 2.07 bits per heavy atom.